The van der Waals surface area contributed by atoms with Gasteiger partial charge in [-0.15, -0.1) is 0 Å². The molecule has 1 aliphatic heterocycles. The SMILES string of the molecule is CS(=O)(=O)c1ccc(NC(=O)CCN2c3ccccc3Sc3ccccc32)cc1. The van der Waals surface area contributed by atoms with Crippen LogP contribution in [0.2, 0.25) is 0 Å². The van der Waals surface area contributed by atoms with E-state index in [1.54, 1.807) is 23.9 Å². The maximum atomic E-state index is 12.5. The molecule has 1 heterocycles. The van der Waals surface area contributed by atoms with Gasteiger partial charge in [-0.1, -0.05) is 36.0 Å². The number of sulfone groups is 1. The van der Waals surface area contributed by atoms with Crippen molar-refractivity contribution in [2.24, 2.45) is 0 Å². The molecule has 1 amide bonds. The van der Waals surface area contributed by atoms with Gasteiger partial charge in [0, 0.05) is 34.7 Å². The van der Waals surface area contributed by atoms with Crippen molar-refractivity contribution in [1.82, 2.24) is 0 Å². The molecular formula is C22H20N2O3S2. The summed E-state index contributed by atoms with van der Waals surface area (Å²) in [7, 11) is -3.25. The van der Waals surface area contributed by atoms with Gasteiger partial charge >= 0.3 is 0 Å². The number of anilines is 3. The van der Waals surface area contributed by atoms with E-state index in [1.807, 2.05) is 24.3 Å². The molecule has 0 spiro atoms. The number of rotatable bonds is 5. The monoisotopic (exact) mass is 424 g/mol. The first kappa shape index (κ1) is 19.5. The maximum Gasteiger partial charge on any atom is 0.226 e. The van der Waals surface area contributed by atoms with Gasteiger partial charge in [0.25, 0.3) is 0 Å². The molecule has 1 N–H and O–H groups in total. The molecule has 0 aliphatic carbocycles. The minimum atomic E-state index is -3.25. The Bertz CT molecular complexity index is 1110. The first-order valence-corrected chi connectivity index (χ1v) is 11.9. The Kier molecular flexibility index (Phi) is 5.34. The van der Waals surface area contributed by atoms with Gasteiger partial charge in [0.15, 0.2) is 9.84 Å². The molecule has 0 atom stereocenters. The van der Waals surface area contributed by atoms with E-state index in [1.165, 1.54) is 21.9 Å². The van der Waals surface area contributed by atoms with Crippen molar-refractivity contribution in [3.63, 3.8) is 0 Å². The predicted octanol–water partition coefficient (Wildman–Crippen LogP) is 4.72. The standard InChI is InChI=1S/C22H20N2O3S2/c1-29(26,27)17-12-10-16(11-13-17)23-22(25)14-15-24-18-6-2-4-8-20(18)28-21-9-5-3-7-19(21)24/h2-13H,14-15H2,1H3,(H,23,25). The van der Waals surface area contributed by atoms with Gasteiger partial charge in [0.1, 0.15) is 0 Å². The number of benzene rings is 3. The van der Waals surface area contributed by atoms with Crippen LogP contribution in [0.4, 0.5) is 17.1 Å². The summed E-state index contributed by atoms with van der Waals surface area (Å²) in [5, 5.41) is 2.84. The molecule has 148 valence electrons. The van der Waals surface area contributed by atoms with Gasteiger partial charge in [-0.3, -0.25) is 4.79 Å². The second-order valence-electron chi connectivity index (χ2n) is 6.78. The summed E-state index contributed by atoms with van der Waals surface area (Å²) in [6.45, 7) is 0.543. The van der Waals surface area contributed by atoms with Crippen LogP contribution in [0.1, 0.15) is 6.42 Å². The van der Waals surface area contributed by atoms with Crippen molar-refractivity contribution in [3.05, 3.63) is 72.8 Å². The number of amides is 1. The number of para-hydroxylation sites is 2. The molecule has 0 aromatic heterocycles. The molecule has 0 saturated carbocycles. The van der Waals surface area contributed by atoms with E-state index in [2.05, 4.69) is 34.5 Å². The second-order valence-corrected chi connectivity index (χ2v) is 9.88. The van der Waals surface area contributed by atoms with Crippen LogP contribution in [0.25, 0.3) is 0 Å². The first-order valence-electron chi connectivity index (χ1n) is 9.15. The summed E-state index contributed by atoms with van der Waals surface area (Å²) < 4.78 is 23.1. The molecule has 4 rings (SSSR count). The fourth-order valence-electron chi connectivity index (χ4n) is 3.24. The van der Waals surface area contributed by atoms with Crippen molar-refractivity contribution in [2.75, 3.05) is 23.0 Å². The van der Waals surface area contributed by atoms with Gasteiger partial charge < -0.3 is 10.2 Å². The molecule has 3 aromatic rings. The Balaban J connectivity index is 1.47. The first-order chi connectivity index (χ1) is 13.9. The summed E-state index contributed by atoms with van der Waals surface area (Å²) in [6, 6.07) is 22.6. The van der Waals surface area contributed by atoms with Crippen LogP contribution in [0.3, 0.4) is 0 Å². The van der Waals surface area contributed by atoms with E-state index < -0.39 is 9.84 Å². The third-order valence-electron chi connectivity index (χ3n) is 4.66. The highest BCUT2D eigenvalue weighted by Gasteiger charge is 2.23. The Morgan fingerprint density at radius 3 is 2.00 bits per heavy atom. The lowest BCUT2D eigenvalue weighted by atomic mass is 10.2. The number of hydrogen-bond acceptors (Lipinski definition) is 5. The van der Waals surface area contributed by atoms with E-state index in [9.17, 15) is 13.2 Å². The lowest BCUT2D eigenvalue weighted by Gasteiger charge is -2.32. The molecule has 0 unspecified atom stereocenters. The van der Waals surface area contributed by atoms with Crippen LogP contribution in [0, 0.1) is 0 Å². The Morgan fingerprint density at radius 2 is 1.45 bits per heavy atom. The largest absolute Gasteiger partial charge is 0.339 e. The van der Waals surface area contributed by atoms with Crippen molar-refractivity contribution in [3.8, 4) is 0 Å². The number of carbonyl (C=O) groups is 1. The second kappa shape index (κ2) is 7.93. The van der Waals surface area contributed by atoms with Crippen LogP contribution in [0.5, 0.6) is 0 Å². The summed E-state index contributed by atoms with van der Waals surface area (Å²) in [5.74, 6) is -0.120. The van der Waals surface area contributed by atoms with Crippen molar-refractivity contribution in [2.45, 2.75) is 21.1 Å². The van der Waals surface area contributed by atoms with E-state index in [-0.39, 0.29) is 10.8 Å². The zero-order valence-electron chi connectivity index (χ0n) is 15.8. The molecule has 29 heavy (non-hydrogen) atoms. The smallest absolute Gasteiger partial charge is 0.226 e. The van der Waals surface area contributed by atoms with Crippen LogP contribution in [-0.4, -0.2) is 27.1 Å². The highest BCUT2D eigenvalue weighted by molar-refractivity contribution is 7.99. The Labute approximate surface area is 174 Å². The minimum absolute atomic E-state index is 0.120. The van der Waals surface area contributed by atoms with Crippen LogP contribution >= 0.6 is 11.8 Å². The zero-order valence-corrected chi connectivity index (χ0v) is 17.5. The van der Waals surface area contributed by atoms with Gasteiger partial charge in [0.05, 0.1) is 16.3 Å². The predicted molar refractivity (Wildman–Crippen MR) is 117 cm³/mol. The average molecular weight is 425 g/mol. The lowest BCUT2D eigenvalue weighted by molar-refractivity contribution is -0.116. The number of nitrogens with one attached hydrogen (secondary N) is 1. The minimum Gasteiger partial charge on any atom is -0.339 e. The topological polar surface area (TPSA) is 66.5 Å². The van der Waals surface area contributed by atoms with Crippen molar-refractivity contribution in [1.29, 1.82) is 0 Å². The third-order valence-corrected chi connectivity index (χ3v) is 6.92. The normalized spacial score (nSPS) is 12.8. The number of hydrogen-bond donors (Lipinski definition) is 1. The zero-order chi connectivity index (χ0) is 20.4. The fraction of sp³-hybridized carbons (Fsp3) is 0.136. The highest BCUT2D eigenvalue weighted by atomic mass is 32.2. The Morgan fingerprint density at radius 1 is 0.897 bits per heavy atom. The van der Waals surface area contributed by atoms with Gasteiger partial charge in [-0.25, -0.2) is 8.42 Å². The molecule has 0 saturated heterocycles. The summed E-state index contributed by atoms with van der Waals surface area (Å²) in [6.07, 6.45) is 1.47. The molecule has 0 fully saturated rings. The average Bonchev–Trinajstić information content (AvgIpc) is 2.71. The van der Waals surface area contributed by atoms with Crippen LogP contribution in [-0.2, 0) is 14.6 Å². The van der Waals surface area contributed by atoms with Crippen molar-refractivity contribution >= 4 is 44.6 Å². The number of fused-ring (bicyclic) bond motifs is 2. The fourth-order valence-corrected chi connectivity index (χ4v) is 4.97. The van der Waals surface area contributed by atoms with E-state index in [4.69, 9.17) is 0 Å². The molecule has 0 bridgehead atoms. The molecule has 0 radical (unpaired) electrons. The highest BCUT2D eigenvalue weighted by Crippen LogP contribution is 2.47. The summed E-state index contributed by atoms with van der Waals surface area (Å²) in [5.41, 5.74) is 2.78. The van der Waals surface area contributed by atoms with E-state index in [0.717, 1.165) is 17.6 Å². The summed E-state index contributed by atoms with van der Waals surface area (Å²) >= 11 is 1.74. The molecule has 7 heteroatoms. The van der Waals surface area contributed by atoms with Gasteiger partial charge in [-0.05, 0) is 48.5 Å². The van der Waals surface area contributed by atoms with Crippen LogP contribution < -0.4 is 10.2 Å². The van der Waals surface area contributed by atoms with E-state index in [0.29, 0.717) is 18.7 Å². The Hall–Kier alpha value is -2.77. The molecule has 1 aliphatic rings. The lowest BCUT2D eigenvalue weighted by Crippen LogP contribution is -2.25. The van der Waals surface area contributed by atoms with Crippen molar-refractivity contribution < 1.29 is 13.2 Å². The molecule has 3 aromatic carbocycles. The maximum absolute atomic E-state index is 12.5. The third kappa shape index (κ3) is 4.31. The van der Waals surface area contributed by atoms with Crippen LogP contribution in [0.15, 0.2) is 87.5 Å². The van der Waals surface area contributed by atoms with Gasteiger partial charge in [-0.2, -0.15) is 0 Å². The summed E-state index contributed by atoms with van der Waals surface area (Å²) in [4.78, 5) is 17.2. The quantitative estimate of drug-likeness (QED) is 0.642. The van der Waals surface area contributed by atoms with Gasteiger partial charge in [0.2, 0.25) is 5.91 Å². The molecular weight excluding hydrogens is 404 g/mol. The molecule has 5 nitrogen and oxygen atoms in total. The number of nitrogens with zero attached hydrogens (tertiary/aromatic N) is 1. The number of carbonyl (C=O) groups excluding carboxylic acids is 1. The van der Waals surface area contributed by atoms with E-state index >= 15 is 0 Å².